The Kier molecular flexibility index (Phi) is 6.80. The van der Waals surface area contributed by atoms with Crippen LogP contribution in [0.1, 0.15) is 22.3 Å². The number of benzene rings is 3. The third-order valence-corrected chi connectivity index (χ3v) is 7.29. The Balaban J connectivity index is 1.45. The normalized spacial score (nSPS) is 16.1. The lowest BCUT2D eigenvalue weighted by molar-refractivity contribution is -0.114. The van der Waals surface area contributed by atoms with Crippen molar-refractivity contribution in [3.05, 3.63) is 104 Å². The van der Waals surface area contributed by atoms with E-state index in [1.54, 1.807) is 24.2 Å². The highest BCUT2D eigenvalue weighted by atomic mass is 79.9. The van der Waals surface area contributed by atoms with Crippen LogP contribution in [0, 0.1) is 12.3 Å². The maximum atomic E-state index is 12.9. The number of thioether (sulfide) groups is 1. The number of methoxy groups -OCH3 is 1. The SMILES string of the molecule is COc1cc(C=C2C(=N)N3C(c4ccccc4)=CSC3=NC2=O)cc(Br)c1OCc1ccccc1C. The summed E-state index contributed by atoms with van der Waals surface area (Å²) in [5.74, 6) is 0.723. The van der Waals surface area contributed by atoms with Crippen LogP contribution < -0.4 is 9.47 Å². The zero-order valence-corrected chi connectivity index (χ0v) is 22.0. The molecule has 0 saturated carbocycles. The number of ether oxygens (including phenoxy) is 2. The number of aryl methyl sites for hydroxylation is 1. The number of halogens is 1. The molecule has 0 atom stereocenters. The molecule has 3 aromatic rings. The highest BCUT2D eigenvalue weighted by molar-refractivity contribution is 9.10. The minimum absolute atomic E-state index is 0.0834. The van der Waals surface area contributed by atoms with Gasteiger partial charge in [-0.2, -0.15) is 4.99 Å². The third-order valence-electron chi connectivity index (χ3n) is 5.88. The number of hydrogen-bond donors (Lipinski definition) is 1. The van der Waals surface area contributed by atoms with Gasteiger partial charge >= 0.3 is 0 Å². The third kappa shape index (κ3) is 4.62. The average Bonchev–Trinajstić information content (AvgIpc) is 3.31. The van der Waals surface area contributed by atoms with Gasteiger partial charge in [-0.15, -0.1) is 0 Å². The molecule has 180 valence electrons. The fourth-order valence-corrected chi connectivity index (χ4v) is 5.43. The first-order valence-electron chi connectivity index (χ1n) is 11.2. The van der Waals surface area contributed by atoms with Crippen LogP contribution in [0.3, 0.4) is 0 Å². The van der Waals surface area contributed by atoms with Crippen molar-refractivity contribution >= 4 is 56.4 Å². The van der Waals surface area contributed by atoms with Crippen molar-refractivity contribution in [1.82, 2.24) is 4.90 Å². The maximum absolute atomic E-state index is 12.9. The Bertz CT molecular complexity index is 1460. The Hall–Kier alpha value is -3.62. The second-order valence-electron chi connectivity index (χ2n) is 8.18. The van der Waals surface area contributed by atoms with E-state index < -0.39 is 5.91 Å². The maximum Gasteiger partial charge on any atom is 0.283 e. The molecule has 0 fully saturated rings. The number of carbonyl (C=O) groups excluding carboxylic acids is 1. The molecular formula is C28H22BrN3O3S. The predicted octanol–water partition coefficient (Wildman–Crippen LogP) is 6.65. The molecule has 0 saturated heterocycles. The largest absolute Gasteiger partial charge is 0.493 e. The highest BCUT2D eigenvalue weighted by Crippen LogP contribution is 2.40. The van der Waals surface area contributed by atoms with Crippen molar-refractivity contribution in [2.24, 2.45) is 4.99 Å². The Labute approximate surface area is 222 Å². The molecule has 1 N–H and O–H groups in total. The van der Waals surface area contributed by atoms with Gasteiger partial charge in [-0.3, -0.25) is 15.1 Å². The molecule has 0 unspecified atom stereocenters. The number of carbonyl (C=O) groups is 1. The predicted molar refractivity (Wildman–Crippen MR) is 148 cm³/mol. The fourth-order valence-electron chi connectivity index (χ4n) is 3.97. The summed E-state index contributed by atoms with van der Waals surface area (Å²) in [6.45, 7) is 2.44. The van der Waals surface area contributed by atoms with Crippen LogP contribution in [0.5, 0.6) is 11.5 Å². The summed E-state index contributed by atoms with van der Waals surface area (Å²) in [5.41, 5.74) is 4.89. The number of nitrogens with one attached hydrogen (secondary N) is 1. The number of amides is 1. The fraction of sp³-hybridized carbons (Fsp3) is 0.107. The molecule has 5 rings (SSSR count). The van der Waals surface area contributed by atoms with Crippen molar-refractivity contribution in [3.8, 4) is 11.5 Å². The number of rotatable bonds is 6. The number of fused-ring (bicyclic) bond motifs is 1. The van der Waals surface area contributed by atoms with Gasteiger partial charge in [0, 0.05) is 5.41 Å². The van der Waals surface area contributed by atoms with Crippen LogP contribution in [-0.2, 0) is 11.4 Å². The molecule has 0 aromatic heterocycles. The molecule has 2 heterocycles. The van der Waals surface area contributed by atoms with Crippen molar-refractivity contribution in [1.29, 1.82) is 5.41 Å². The minimum Gasteiger partial charge on any atom is -0.493 e. The quantitative estimate of drug-likeness (QED) is 0.342. The zero-order chi connectivity index (χ0) is 25.2. The van der Waals surface area contributed by atoms with E-state index >= 15 is 0 Å². The zero-order valence-electron chi connectivity index (χ0n) is 19.6. The molecule has 0 spiro atoms. The summed E-state index contributed by atoms with van der Waals surface area (Å²) in [7, 11) is 1.57. The first-order valence-corrected chi connectivity index (χ1v) is 12.8. The molecule has 36 heavy (non-hydrogen) atoms. The van der Waals surface area contributed by atoms with Crippen LogP contribution in [0.15, 0.2) is 87.2 Å². The summed E-state index contributed by atoms with van der Waals surface area (Å²) < 4.78 is 12.4. The van der Waals surface area contributed by atoms with Gasteiger partial charge < -0.3 is 9.47 Å². The van der Waals surface area contributed by atoms with Gasteiger partial charge in [-0.05, 0) is 63.3 Å². The lowest BCUT2D eigenvalue weighted by atomic mass is 10.1. The van der Waals surface area contributed by atoms with Gasteiger partial charge in [0.15, 0.2) is 16.7 Å². The second kappa shape index (κ2) is 10.2. The Morgan fingerprint density at radius 2 is 1.86 bits per heavy atom. The number of amidine groups is 2. The topological polar surface area (TPSA) is 75.0 Å². The minimum atomic E-state index is -0.448. The lowest BCUT2D eigenvalue weighted by Crippen LogP contribution is -2.38. The van der Waals surface area contributed by atoms with Gasteiger partial charge in [0.1, 0.15) is 12.4 Å². The van der Waals surface area contributed by atoms with Crippen molar-refractivity contribution in [2.75, 3.05) is 7.11 Å². The summed E-state index contributed by atoms with van der Waals surface area (Å²) in [4.78, 5) is 18.8. The number of nitrogens with zero attached hydrogens (tertiary/aromatic N) is 2. The summed E-state index contributed by atoms with van der Waals surface area (Å²) in [6, 6.07) is 21.4. The van der Waals surface area contributed by atoms with E-state index in [1.807, 2.05) is 73.0 Å². The molecule has 1 amide bonds. The molecule has 0 aliphatic carbocycles. The van der Waals surface area contributed by atoms with Crippen LogP contribution in [-0.4, -0.2) is 28.9 Å². The van der Waals surface area contributed by atoms with Crippen molar-refractivity contribution in [2.45, 2.75) is 13.5 Å². The van der Waals surface area contributed by atoms with Crippen LogP contribution in [0.25, 0.3) is 11.8 Å². The molecule has 0 bridgehead atoms. The molecule has 2 aliphatic rings. The van der Waals surface area contributed by atoms with E-state index in [1.165, 1.54) is 11.8 Å². The van der Waals surface area contributed by atoms with Crippen molar-refractivity contribution < 1.29 is 14.3 Å². The number of aliphatic imine (C=N–C) groups is 1. The monoisotopic (exact) mass is 559 g/mol. The van der Waals surface area contributed by atoms with Gasteiger partial charge in [0.25, 0.3) is 5.91 Å². The van der Waals surface area contributed by atoms with Crippen LogP contribution >= 0.6 is 27.7 Å². The smallest absolute Gasteiger partial charge is 0.283 e. The summed E-state index contributed by atoms with van der Waals surface area (Å²) in [5, 5.41) is 11.2. The average molecular weight is 560 g/mol. The molecule has 3 aromatic carbocycles. The van der Waals surface area contributed by atoms with Gasteiger partial charge in [-0.25, -0.2) is 0 Å². The lowest BCUT2D eigenvalue weighted by Gasteiger charge is -2.27. The summed E-state index contributed by atoms with van der Waals surface area (Å²) >= 11 is 4.93. The molecule has 6 nitrogen and oxygen atoms in total. The molecule has 8 heteroatoms. The number of hydrogen-bond acceptors (Lipinski definition) is 5. The molecular weight excluding hydrogens is 538 g/mol. The van der Waals surface area contributed by atoms with Crippen LogP contribution in [0.2, 0.25) is 0 Å². The highest BCUT2D eigenvalue weighted by Gasteiger charge is 2.36. The van der Waals surface area contributed by atoms with E-state index in [9.17, 15) is 4.79 Å². The van der Waals surface area contributed by atoms with E-state index in [2.05, 4.69) is 20.9 Å². The van der Waals surface area contributed by atoms with E-state index in [0.717, 1.165) is 22.4 Å². The van der Waals surface area contributed by atoms with Gasteiger partial charge in [-0.1, -0.05) is 66.4 Å². The van der Waals surface area contributed by atoms with Gasteiger partial charge in [0.05, 0.1) is 22.9 Å². The standard InChI is InChI=1S/C28H22BrN3O3S/c1-17-8-6-7-11-20(17)15-35-25-22(29)13-18(14-24(25)34-2)12-21-26(30)32-23(19-9-4-3-5-10-19)16-36-28(32)31-27(21)33/h3-14,16,30H,15H2,1-2H3. The molecule has 0 radical (unpaired) electrons. The van der Waals surface area contributed by atoms with E-state index in [0.29, 0.717) is 33.3 Å². The van der Waals surface area contributed by atoms with E-state index in [4.69, 9.17) is 14.9 Å². The first kappa shape index (κ1) is 24.1. The molecule has 2 aliphatic heterocycles. The Morgan fingerprint density at radius 3 is 2.61 bits per heavy atom. The summed E-state index contributed by atoms with van der Waals surface area (Å²) in [6.07, 6.45) is 1.66. The second-order valence-corrected chi connectivity index (χ2v) is 9.87. The van der Waals surface area contributed by atoms with Crippen molar-refractivity contribution in [3.63, 3.8) is 0 Å². The Morgan fingerprint density at radius 1 is 1.11 bits per heavy atom. The van der Waals surface area contributed by atoms with Gasteiger partial charge in [0.2, 0.25) is 0 Å². The van der Waals surface area contributed by atoms with Crippen LogP contribution in [0.4, 0.5) is 0 Å². The first-order chi connectivity index (χ1) is 17.5. The van der Waals surface area contributed by atoms with E-state index in [-0.39, 0.29) is 11.4 Å².